The summed E-state index contributed by atoms with van der Waals surface area (Å²) >= 11 is 0. The zero-order valence-corrected chi connectivity index (χ0v) is 9.73. The summed E-state index contributed by atoms with van der Waals surface area (Å²) in [7, 11) is 3.19. The predicted molar refractivity (Wildman–Crippen MR) is 55.2 cm³/mol. The molecule has 100 valence electrons. The van der Waals surface area contributed by atoms with Gasteiger partial charge in [0.15, 0.2) is 0 Å². The minimum atomic E-state index is -4.41. The van der Waals surface area contributed by atoms with Crippen molar-refractivity contribution in [1.82, 2.24) is 15.5 Å². The van der Waals surface area contributed by atoms with Gasteiger partial charge in [-0.15, -0.1) is 0 Å². The predicted octanol–water partition coefficient (Wildman–Crippen LogP) is -0.267. The Kier molecular flexibility index (Phi) is 6.55. The first kappa shape index (κ1) is 15.7. The minimum absolute atomic E-state index is 0.117. The van der Waals surface area contributed by atoms with E-state index in [0.29, 0.717) is 0 Å². The molecule has 2 amide bonds. The number of nitrogens with zero attached hydrogens (tertiary/aromatic N) is 1. The van der Waals surface area contributed by atoms with Gasteiger partial charge in [0, 0.05) is 27.1 Å². The van der Waals surface area contributed by atoms with E-state index in [-0.39, 0.29) is 25.4 Å². The second kappa shape index (κ2) is 7.10. The average Bonchev–Trinajstić information content (AvgIpc) is 2.20. The molecule has 5 nitrogen and oxygen atoms in total. The number of hydrogen-bond donors (Lipinski definition) is 2. The molecule has 0 radical (unpaired) electrons. The Labute approximate surface area is 97.3 Å². The van der Waals surface area contributed by atoms with E-state index in [2.05, 4.69) is 5.32 Å². The van der Waals surface area contributed by atoms with Crippen LogP contribution in [0.3, 0.4) is 0 Å². The maximum Gasteiger partial charge on any atom is 0.405 e. The van der Waals surface area contributed by atoms with Crippen LogP contribution in [0.1, 0.15) is 6.42 Å². The molecule has 0 heterocycles. The molecule has 0 aliphatic carbocycles. The lowest BCUT2D eigenvalue weighted by Gasteiger charge is -2.11. The van der Waals surface area contributed by atoms with Crippen molar-refractivity contribution >= 4 is 11.8 Å². The summed E-state index contributed by atoms with van der Waals surface area (Å²) < 4.78 is 35.1. The van der Waals surface area contributed by atoms with E-state index < -0.39 is 18.6 Å². The van der Waals surface area contributed by atoms with Crippen LogP contribution in [-0.4, -0.2) is 56.6 Å². The summed E-state index contributed by atoms with van der Waals surface area (Å²) in [6.45, 7) is -1.34. The molecule has 2 N–H and O–H groups in total. The zero-order valence-electron chi connectivity index (χ0n) is 9.73. The first-order chi connectivity index (χ1) is 7.72. The van der Waals surface area contributed by atoms with Gasteiger partial charge in [0.05, 0.1) is 6.54 Å². The molecule has 0 aliphatic heterocycles. The first-order valence-corrected chi connectivity index (χ1v) is 4.96. The minimum Gasteiger partial charge on any atom is -0.349 e. The highest BCUT2D eigenvalue weighted by Crippen LogP contribution is 2.11. The van der Waals surface area contributed by atoms with Crippen LogP contribution in [0.25, 0.3) is 0 Å². The van der Waals surface area contributed by atoms with Gasteiger partial charge in [0.25, 0.3) is 0 Å². The molecule has 0 bridgehead atoms. The zero-order chi connectivity index (χ0) is 13.5. The number of amides is 2. The Morgan fingerprint density at radius 3 is 2.29 bits per heavy atom. The first-order valence-electron chi connectivity index (χ1n) is 4.96. The summed E-state index contributed by atoms with van der Waals surface area (Å²) in [5.74, 6) is -0.868. The number of rotatable bonds is 6. The maximum atomic E-state index is 11.7. The quantitative estimate of drug-likeness (QED) is 0.642. The molecule has 0 aromatic rings. The largest absolute Gasteiger partial charge is 0.405 e. The van der Waals surface area contributed by atoms with Gasteiger partial charge in [0.2, 0.25) is 11.8 Å². The molecule has 0 rings (SSSR count). The van der Waals surface area contributed by atoms with Crippen molar-refractivity contribution in [3.63, 3.8) is 0 Å². The topological polar surface area (TPSA) is 61.4 Å². The van der Waals surface area contributed by atoms with E-state index in [1.807, 2.05) is 0 Å². The second-order valence-electron chi connectivity index (χ2n) is 3.61. The highest BCUT2D eigenvalue weighted by molar-refractivity contribution is 5.78. The van der Waals surface area contributed by atoms with E-state index in [1.54, 1.807) is 19.4 Å². The van der Waals surface area contributed by atoms with E-state index in [0.717, 1.165) is 0 Å². The highest BCUT2D eigenvalue weighted by atomic mass is 19.4. The maximum absolute atomic E-state index is 11.7. The van der Waals surface area contributed by atoms with Crippen LogP contribution >= 0.6 is 0 Å². The fourth-order valence-electron chi connectivity index (χ4n) is 0.882. The van der Waals surface area contributed by atoms with Crippen LogP contribution in [0.2, 0.25) is 0 Å². The van der Waals surface area contributed by atoms with E-state index >= 15 is 0 Å². The molecule has 0 aliphatic rings. The van der Waals surface area contributed by atoms with Crippen molar-refractivity contribution in [2.75, 3.05) is 33.7 Å². The van der Waals surface area contributed by atoms with E-state index in [1.165, 1.54) is 4.90 Å². The summed E-state index contributed by atoms with van der Waals surface area (Å²) in [5, 5.41) is 4.29. The van der Waals surface area contributed by atoms with Crippen molar-refractivity contribution in [2.45, 2.75) is 12.6 Å². The third-order valence-electron chi connectivity index (χ3n) is 1.79. The Morgan fingerprint density at radius 2 is 1.82 bits per heavy atom. The van der Waals surface area contributed by atoms with Crippen LogP contribution in [0.4, 0.5) is 13.2 Å². The van der Waals surface area contributed by atoms with Gasteiger partial charge < -0.3 is 15.5 Å². The third-order valence-corrected chi connectivity index (χ3v) is 1.79. The van der Waals surface area contributed by atoms with Crippen LogP contribution in [0, 0.1) is 0 Å². The van der Waals surface area contributed by atoms with Gasteiger partial charge in [-0.2, -0.15) is 13.2 Å². The van der Waals surface area contributed by atoms with Crippen LogP contribution in [0.5, 0.6) is 0 Å². The third kappa shape index (κ3) is 9.61. The molecule has 0 fully saturated rings. The van der Waals surface area contributed by atoms with Gasteiger partial charge in [-0.1, -0.05) is 0 Å². The van der Waals surface area contributed by atoms with Gasteiger partial charge in [-0.3, -0.25) is 9.59 Å². The van der Waals surface area contributed by atoms with Crippen LogP contribution in [-0.2, 0) is 9.59 Å². The normalized spacial score (nSPS) is 11.1. The summed E-state index contributed by atoms with van der Waals surface area (Å²) in [6.07, 6.45) is -4.21. The van der Waals surface area contributed by atoms with Crippen molar-refractivity contribution in [3.05, 3.63) is 0 Å². The van der Waals surface area contributed by atoms with Crippen molar-refractivity contribution in [3.8, 4) is 0 Å². The summed E-state index contributed by atoms with van der Waals surface area (Å²) in [4.78, 5) is 23.4. The fourth-order valence-corrected chi connectivity index (χ4v) is 0.882. The number of carbonyl (C=O) groups is 2. The number of alkyl halides is 3. The molecule has 0 aromatic heterocycles. The monoisotopic (exact) mass is 255 g/mol. The Hall–Kier alpha value is -1.31. The number of nitrogens with one attached hydrogen (secondary N) is 2. The van der Waals surface area contributed by atoms with Gasteiger partial charge in [0.1, 0.15) is 6.54 Å². The average molecular weight is 255 g/mol. The van der Waals surface area contributed by atoms with Crippen LogP contribution < -0.4 is 10.6 Å². The summed E-state index contributed by atoms with van der Waals surface area (Å²) in [5.41, 5.74) is 0. The van der Waals surface area contributed by atoms with Gasteiger partial charge in [-0.25, -0.2) is 0 Å². The summed E-state index contributed by atoms with van der Waals surface area (Å²) in [6, 6.07) is 0. The smallest absolute Gasteiger partial charge is 0.349 e. The van der Waals surface area contributed by atoms with Gasteiger partial charge >= 0.3 is 6.18 Å². The van der Waals surface area contributed by atoms with Crippen molar-refractivity contribution < 1.29 is 22.8 Å². The lowest BCUT2D eigenvalue weighted by molar-refractivity contribution is -0.137. The van der Waals surface area contributed by atoms with E-state index in [9.17, 15) is 22.8 Å². The number of carbonyl (C=O) groups excluding carboxylic acids is 2. The fraction of sp³-hybridized carbons (Fsp3) is 0.778. The molecule has 17 heavy (non-hydrogen) atoms. The Morgan fingerprint density at radius 1 is 1.24 bits per heavy atom. The molecule has 0 unspecified atom stereocenters. The molecular formula is C9H16F3N3O2. The lowest BCUT2D eigenvalue weighted by atomic mass is 10.4. The lowest BCUT2D eigenvalue weighted by Crippen LogP contribution is -2.40. The molecule has 8 heteroatoms. The number of hydrogen-bond acceptors (Lipinski definition) is 3. The molecule has 0 spiro atoms. The highest BCUT2D eigenvalue weighted by Gasteiger charge is 2.27. The number of halogens is 3. The molecule has 0 saturated carbocycles. The van der Waals surface area contributed by atoms with Crippen molar-refractivity contribution in [2.24, 2.45) is 0 Å². The second-order valence-corrected chi connectivity index (χ2v) is 3.61. The molecular weight excluding hydrogens is 239 g/mol. The van der Waals surface area contributed by atoms with Crippen LogP contribution in [0.15, 0.2) is 0 Å². The molecule has 0 saturated heterocycles. The Bertz CT molecular complexity index is 267. The van der Waals surface area contributed by atoms with Crippen molar-refractivity contribution in [1.29, 1.82) is 0 Å². The molecule has 0 atom stereocenters. The SMILES string of the molecule is CN(C)C(=O)CCNCC(=O)NCC(F)(F)F. The Balaban J connectivity index is 3.56. The van der Waals surface area contributed by atoms with E-state index in [4.69, 9.17) is 0 Å². The van der Waals surface area contributed by atoms with Gasteiger partial charge in [-0.05, 0) is 0 Å². The standard InChI is InChI=1S/C9H16F3N3O2/c1-15(2)8(17)3-4-13-5-7(16)14-6-9(10,11)12/h13H,3-6H2,1-2H3,(H,14,16). The molecule has 0 aromatic carbocycles.